The molecule has 1 aromatic rings. The standard InChI is InChI=1S/C14H17F4N/c1-10(2)19-8-4-3-5-11-6-7-12(13(15)9-11)14(16,17)18/h3,5-7,9-10,19H,4,8H2,1-2H3/b5-3+. The van der Waals surface area contributed by atoms with E-state index >= 15 is 0 Å². The second-order valence-electron chi connectivity index (χ2n) is 4.54. The highest BCUT2D eigenvalue weighted by atomic mass is 19.4. The lowest BCUT2D eigenvalue weighted by Crippen LogP contribution is -2.23. The van der Waals surface area contributed by atoms with Gasteiger partial charge in [-0.25, -0.2) is 4.39 Å². The van der Waals surface area contributed by atoms with E-state index < -0.39 is 17.6 Å². The number of benzene rings is 1. The number of hydrogen-bond donors (Lipinski definition) is 1. The molecule has 1 rings (SSSR count). The third-order valence-electron chi connectivity index (χ3n) is 2.47. The predicted molar refractivity (Wildman–Crippen MR) is 68.2 cm³/mol. The SMILES string of the molecule is CC(C)NCC/C=C/c1ccc(C(F)(F)F)c(F)c1. The number of halogens is 4. The van der Waals surface area contributed by atoms with Gasteiger partial charge >= 0.3 is 6.18 Å². The highest BCUT2D eigenvalue weighted by molar-refractivity contribution is 5.50. The minimum absolute atomic E-state index is 0.386. The Labute approximate surface area is 110 Å². The molecule has 1 N–H and O–H groups in total. The van der Waals surface area contributed by atoms with Crippen LogP contribution in [-0.4, -0.2) is 12.6 Å². The molecule has 0 aromatic heterocycles. The highest BCUT2D eigenvalue weighted by Gasteiger charge is 2.33. The summed E-state index contributed by atoms with van der Waals surface area (Å²) in [5.41, 5.74) is -0.804. The van der Waals surface area contributed by atoms with E-state index in [0.717, 1.165) is 25.1 Å². The maximum atomic E-state index is 13.3. The molecule has 1 aromatic carbocycles. The monoisotopic (exact) mass is 275 g/mol. The van der Waals surface area contributed by atoms with Gasteiger partial charge in [0.15, 0.2) is 0 Å². The van der Waals surface area contributed by atoms with Crippen LogP contribution in [0.3, 0.4) is 0 Å². The maximum Gasteiger partial charge on any atom is 0.419 e. The van der Waals surface area contributed by atoms with Crippen molar-refractivity contribution in [3.8, 4) is 0 Å². The molecule has 19 heavy (non-hydrogen) atoms. The van der Waals surface area contributed by atoms with Gasteiger partial charge in [-0.3, -0.25) is 0 Å². The smallest absolute Gasteiger partial charge is 0.314 e. The maximum absolute atomic E-state index is 13.3. The Kier molecular flexibility index (Phi) is 5.54. The summed E-state index contributed by atoms with van der Waals surface area (Å²) in [7, 11) is 0. The molecule has 0 radical (unpaired) electrons. The minimum Gasteiger partial charge on any atom is -0.314 e. The second kappa shape index (κ2) is 6.70. The molecular formula is C14H17F4N. The molecule has 0 bridgehead atoms. The topological polar surface area (TPSA) is 12.0 Å². The van der Waals surface area contributed by atoms with E-state index in [1.165, 1.54) is 6.07 Å². The van der Waals surface area contributed by atoms with E-state index in [4.69, 9.17) is 0 Å². The van der Waals surface area contributed by atoms with Crippen molar-refractivity contribution in [2.75, 3.05) is 6.54 Å². The van der Waals surface area contributed by atoms with Gasteiger partial charge in [-0.1, -0.05) is 32.1 Å². The highest BCUT2D eigenvalue weighted by Crippen LogP contribution is 2.31. The van der Waals surface area contributed by atoms with Crippen LogP contribution in [0.25, 0.3) is 6.08 Å². The van der Waals surface area contributed by atoms with Crippen molar-refractivity contribution in [2.24, 2.45) is 0 Å². The lowest BCUT2D eigenvalue weighted by Gasteiger charge is -2.08. The minimum atomic E-state index is -4.65. The molecule has 0 spiro atoms. The van der Waals surface area contributed by atoms with E-state index in [-0.39, 0.29) is 0 Å². The van der Waals surface area contributed by atoms with Crippen LogP contribution in [0.2, 0.25) is 0 Å². The lowest BCUT2D eigenvalue weighted by molar-refractivity contribution is -0.140. The van der Waals surface area contributed by atoms with Crippen LogP contribution in [0, 0.1) is 5.82 Å². The zero-order valence-electron chi connectivity index (χ0n) is 10.9. The first-order valence-corrected chi connectivity index (χ1v) is 6.07. The Bertz CT molecular complexity index is 436. The molecule has 1 nitrogen and oxygen atoms in total. The van der Waals surface area contributed by atoms with Crippen LogP contribution in [0.4, 0.5) is 17.6 Å². The van der Waals surface area contributed by atoms with Gasteiger partial charge < -0.3 is 5.32 Å². The summed E-state index contributed by atoms with van der Waals surface area (Å²) in [6.07, 6.45) is -0.489. The first-order valence-electron chi connectivity index (χ1n) is 6.07. The first kappa shape index (κ1) is 15.7. The van der Waals surface area contributed by atoms with Crippen molar-refractivity contribution < 1.29 is 17.6 Å². The molecule has 0 aliphatic carbocycles. The molecule has 0 aliphatic heterocycles. The summed E-state index contributed by atoms with van der Waals surface area (Å²) < 4.78 is 50.3. The molecule has 0 aliphatic rings. The summed E-state index contributed by atoms with van der Waals surface area (Å²) in [5.74, 6) is -1.24. The fourth-order valence-corrected chi connectivity index (χ4v) is 1.54. The Balaban J connectivity index is 2.61. The average molecular weight is 275 g/mol. The van der Waals surface area contributed by atoms with Crippen molar-refractivity contribution in [3.05, 3.63) is 41.2 Å². The zero-order valence-corrected chi connectivity index (χ0v) is 10.9. The van der Waals surface area contributed by atoms with Crippen LogP contribution in [0.15, 0.2) is 24.3 Å². The fourth-order valence-electron chi connectivity index (χ4n) is 1.54. The molecular weight excluding hydrogens is 258 g/mol. The Hall–Kier alpha value is -1.36. The lowest BCUT2D eigenvalue weighted by atomic mass is 10.1. The second-order valence-corrected chi connectivity index (χ2v) is 4.54. The van der Waals surface area contributed by atoms with Crippen molar-refractivity contribution in [1.29, 1.82) is 0 Å². The number of rotatable bonds is 5. The van der Waals surface area contributed by atoms with Crippen LogP contribution in [0.5, 0.6) is 0 Å². The Morgan fingerprint density at radius 1 is 1.26 bits per heavy atom. The van der Waals surface area contributed by atoms with Crippen LogP contribution in [-0.2, 0) is 6.18 Å². The third-order valence-corrected chi connectivity index (χ3v) is 2.47. The quantitative estimate of drug-likeness (QED) is 0.626. The number of hydrogen-bond acceptors (Lipinski definition) is 1. The summed E-state index contributed by atoms with van der Waals surface area (Å²) in [6, 6.07) is 3.31. The van der Waals surface area contributed by atoms with Gasteiger partial charge in [0.2, 0.25) is 0 Å². The first-order chi connectivity index (χ1) is 8.80. The van der Waals surface area contributed by atoms with Gasteiger partial charge in [-0.2, -0.15) is 13.2 Å². The van der Waals surface area contributed by atoms with Gasteiger partial charge in [0.1, 0.15) is 5.82 Å². The normalized spacial score (nSPS) is 12.6. The Morgan fingerprint density at radius 3 is 2.47 bits per heavy atom. The molecule has 106 valence electrons. The van der Waals surface area contributed by atoms with Crippen molar-refractivity contribution in [3.63, 3.8) is 0 Å². The van der Waals surface area contributed by atoms with Crippen LogP contribution in [0.1, 0.15) is 31.4 Å². The third kappa shape index (κ3) is 5.42. The van der Waals surface area contributed by atoms with Gasteiger partial charge in [-0.05, 0) is 30.7 Å². The largest absolute Gasteiger partial charge is 0.419 e. The Morgan fingerprint density at radius 2 is 1.95 bits per heavy atom. The van der Waals surface area contributed by atoms with E-state index in [1.54, 1.807) is 12.2 Å². The van der Waals surface area contributed by atoms with E-state index in [1.807, 2.05) is 13.8 Å². The van der Waals surface area contributed by atoms with Crippen LogP contribution < -0.4 is 5.32 Å². The molecule has 0 saturated carbocycles. The van der Waals surface area contributed by atoms with E-state index in [0.29, 0.717) is 11.6 Å². The van der Waals surface area contributed by atoms with Gasteiger partial charge in [-0.15, -0.1) is 0 Å². The van der Waals surface area contributed by atoms with Crippen molar-refractivity contribution >= 4 is 6.08 Å². The molecule has 0 saturated heterocycles. The summed E-state index contributed by atoms with van der Waals surface area (Å²) in [5, 5.41) is 3.20. The molecule has 0 atom stereocenters. The van der Waals surface area contributed by atoms with Crippen molar-refractivity contribution in [1.82, 2.24) is 5.32 Å². The van der Waals surface area contributed by atoms with Gasteiger partial charge in [0, 0.05) is 6.04 Å². The predicted octanol–water partition coefficient (Wildman–Crippen LogP) is 4.25. The van der Waals surface area contributed by atoms with E-state index in [9.17, 15) is 17.6 Å². The van der Waals surface area contributed by atoms with E-state index in [2.05, 4.69) is 5.32 Å². The summed E-state index contributed by atoms with van der Waals surface area (Å²) >= 11 is 0. The van der Waals surface area contributed by atoms with Crippen molar-refractivity contribution in [2.45, 2.75) is 32.5 Å². The molecule has 0 amide bonds. The van der Waals surface area contributed by atoms with Gasteiger partial charge in [0.05, 0.1) is 5.56 Å². The summed E-state index contributed by atoms with van der Waals surface area (Å²) in [4.78, 5) is 0. The molecule has 0 heterocycles. The zero-order chi connectivity index (χ0) is 14.5. The molecule has 0 unspecified atom stereocenters. The molecule has 0 fully saturated rings. The summed E-state index contributed by atoms with van der Waals surface area (Å²) in [6.45, 7) is 4.82. The average Bonchev–Trinajstić information content (AvgIpc) is 2.26. The fraction of sp³-hybridized carbons (Fsp3) is 0.429. The van der Waals surface area contributed by atoms with Crippen LogP contribution >= 0.6 is 0 Å². The van der Waals surface area contributed by atoms with Gasteiger partial charge in [0.25, 0.3) is 0 Å². The number of nitrogens with one attached hydrogen (secondary N) is 1. The number of alkyl halides is 3. The molecule has 5 heteroatoms.